The molecule has 6 nitrogen and oxygen atoms in total. The fourth-order valence-electron chi connectivity index (χ4n) is 16.4. The minimum atomic E-state index is -0.113. The SMILES string of the molecule is C/C(=N/C12CC13CC1(/N=C(/C)c4cnc5c(ccc6ccccc65)c4C)CC14CC1(/N=C(/C)c5cnc6c(ccc7ccccc76)c5C)CC1(C2)C34)c1cnc2c(ccc3ccccc32)c1C. The lowest BCUT2D eigenvalue weighted by molar-refractivity contribution is 0.205. The van der Waals surface area contributed by atoms with E-state index in [1.165, 1.54) is 81.9 Å². The molecule has 3 heterocycles. The van der Waals surface area contributed by atoms with Gasteiger partial charge >= 0.3 is 0 Å². The molecule has 15 rings (SSSR count). The van der Waals surface area contributed by atoms with Crippen LogP contribution in [-0.2, 0) is 0 Å². The van der Waals surface area contributed by atoms with Gasteiger partial charge in [0.2, 0.25) is 0 Å². The van der Waals surface area contributed by atoms with Crippen LogP contribution in [0.2, 0.25) is 0 Å². The van der Waals surface area contributed by atoms with Crippen molar-refractivity contribution in [2.45, 2.75) is 96.7 Å². The molecule has 0 radical (unpaired) electrons. The molecule has 6 saturated carbocycles. The summed E-state index contributed by atoms with van der Waals surface area (Å²) in [6.45, 7) is 13.6. The first-order chi connectivity index (χ1) is 32.5. The number of nitrogens with zero attached hydrogens (tertiary/aromatic N) is 6. The van der Waals surface area contributed by atoms with Gasteiger partial charge in [-0.25, -0.2) is 0 Å². The summed E-state index contributed by atoms with van der Waals surface area (Å²) in [4.78, 5) is 33.4. The summed E-state index contributed by atoms with van der Waals surface area (Å²) >= 11 is 0. The average molecular weight is 869 g/mol. The van der Waals surface area contributed by atoms with Gasteiger partial charge in [0.15, 0.2) is 0 Å². The fourth-order valence-corrected chi connectivity index (χ4v) is 16.4. The Hall–Kier alpha value is -6.66. The van der Waals surface area contributed by atoms with Gasteiger partial charge in [-0.05, 0) is 119 Å². The smallest absolute Gasteiger partial charge is 0.0783 e. The Balaban J connectivity index is 0.854. The lowest BCUT2D eigenvalue weighted by atomic mass is 9.77. The molecule has 0 aliphatic heterocycles. The van der Waals surface area contributed by atoms with Crippen LogP contribution in [0.1, 0.15) is 92.7 Å². The highest BCUT2D eigenvalue weighted by Gasteiger charge is 3.04. The van der Waals surface area contributed by atoms with E-state index in [1.54, 1.807) is 0 Å². The van der Waals surface area contributed by atoms with Crippen LogP contribution in [0, 0.1) is 42.9 Å². The van der Waals surface area contributed by atoms with E-state index in [9.17, 15) is 0 Å². The monoisotopic (exact) mass is 868 g/mol. The minimum absolute atomic E-state index is 0.113. The van der Waals surface area contributed by atoms with Crippen molar-refractivity contribution in [3.05, 3.63) is 161 Å². The van der Waals surface area contributed by atoms with Gasteiger partial charge in [0, 0.05) is 101 Å². The number of hydrogen-bond donors (Lipinski definition) is 0. The summed E-state index contributed by atoms with van der Waals surface area (Å²) in [6, 6.07) is 39.3. The van der Waals surface area contributed by atoms with Crippen LogP contribution in [0.25, 0.3) is 65.0 Å². The Labute approximate surface area is 390 Å². The lowest BCUT2D eigenvalue weighted by Crippen LogP contribution is -2.23. The van der Waals surface area contributed by atoms with Crippen LogP contribution >= 0.6 is 0 Å². The van der Waals surface area contributed by atoms with Gasteiger partial charge in [0.1, 0.15) is 0 Å². The van der Waals surface area contributed by atoms with E-state index >= 15 is 0 Å². The van der Waals surface area contributed by atoms with Crippen molar-refractivity contribution in [1.29, 1.82) is 0 Å². The van der Waals surface area contributed by atoms with E-state index in [-0.39, 0.29) is 32.9 Å². The molecule has 67 heavy (non-hydrogen) atoms. The molecule has 0 unspecified atom stereocenters. The van der Waals surface area contributed by atoms with Gasteiger partial charge in [-0.1, -0.05) is 109 Å². The topological polar surface area (TPSA) is 75.8 Å². The molecule has 3 aromatic heterocycles. The van der Waals surface area contributed by atoms with Gasteiger partial charge in [0.25, 0.3) is 0 Å². The second-order valence-corrected chi connectivity index (χ2v) is 22.1. The van der Waals surface area contributed by atoms with E-state index in [4.69, 9.17) is 29.9 Å². The summed E-state index contributed by atoms with van der Waals surface area (Å²) in [7, 11) is 0. The van der Waals surface area contributed by atoms with Gasteiger partial charge in [-0.3, -0.25) is 29.9 Å². The molecule has 6 heteroatoms. The summed E-state index contributed by atoms with van der Waals surface area (Å²) in [5.74, 6) is 0.559. The Bertz CT molecular complexity index is 3500. The van der Waals surface area contributed by atoms with Crippen LogP contribution in [-0.4, -0.2) is 48.7 Å². The second-order valence-electron chi connectivity index (χ2n) is 22.1. The third-order valence-corrected chi connectivity index (χ3v) is 19.1. The first-order valence-electron chi connectivity index (χ1n) is 24.5. The average Bonchev–Trinajstić information content (AvgIpc) is 4.18. The summed E-state index contributed by atoms with van der Waals surface area (Å²) in [5, 5.41) is 10.9. The standard InChI is InChI=1S/C61H52N6/c1-34-43-22-19-40-13-7-10-16-46(40)52(43)62-25-49(34)37(4)65-59-28-56(59)32-60(66-38(5)50-26-63-53-44(35(50)2)23-20-41-14-8-11-17-47(41)53)30-58(60)33-61(29-57(61,31-59)55(56)58)67-39(6)51-27-64-54-45(36(51)3)24-21-42-15-9-12-18-48(42)54/h7-27,55H,28-33H2,1-6H3/b65-37-,66-38-,67-39-. The molecule has 0 amide bonds. The first-order valence-corrected chi connectivity index (χ1v) is 24.5. The molecule has 0 bridgehead atoms. The van der Waals surface area contributed by atoms with Crippen molar-refractivity contribution < 1.29 is 0 Å². The van der Waals surface area contributed by atoms with Gasteiger partial charge < -0.3 is 0 Å². The third kappa shape index (κ3) is 4.58. The maximum Gasteiger partial charge on any atom is 0.0783 e. The first kappa shape index (κ1) is 38.4. The van der Waals surface area contributed by atoms with Crippen molar-refractivity contribution in [3.8, 4) is 0 Å². The van der Waals surface area contributed by atoms with Crippen molar-refractivity contribution in [1.82, 2.24) is 15.0 Å². The zero-order chi connectivity index (χ0) is 45.0. The number of pyridine rings is 3. The highest BCUT2D eigenvalue weighted by atomic mass is 15.2. The van der Waals surface area contributed by atoms with Crippen molar-refractivity contribution in [2.75, 3.05) is 0 Å². The number of rotatable bonds is 6. The number of hydrogen-bond acceptors (Lipinski definition) is 6. The maximum atomic E-state index is 6.00. The molecule has 6 aliphatic rings. The summed E-state index contributed by atoms with van der Waals surface area (Å²) in [6.07, 6.45) is 13.1. The van der Waals surface area contributed by atoms with Crippen molar-refractivity contribution in [2.24, 2.45) is 37.1 Å². The highest BCUT2D eigenvalue weighted by Crippen LogP contribution is 3.03. The molecule has 6 aliphatic carbocycles. The molecule has 3 spiro atoms. The Morgan fingerprint density at radius 2 is 0.672 bits per heavy atom. The van der Waals surface area contributed by atoms with Crippen LogP contribution in [0.3, 0.4) is 0 Å². The largest absolute Gasteiger partial charge is 0.282 e. The number of aromatic nitrogens is 3. The Morgan fingerprint density at radius 3 is 0.970 bits per heavy atom. The van der Waals surface area contributed by atoms with E-state index < -0.39 is 0 Å². The van der Waals surface area contributed by atoms with Crippen LogP contribution in [0.5, 0.6) is 0 Å². The normalized spacial score (nSPS) is 31.3. The fraction of sp³-hybridized carbons (Fsp3) is 0.311. The second kappa shape index (κ2) is 12.3. The molecule has 6 fully saturated rings. The highest BCUT2D eigenvalue weighted by molar-refractivity contribution is 6.13. The van der Waals surface area contributed by atoms with Gasteiger partial charge in [0.05, 0.1) is 33.2 Å². The number of aliphatic imine (C=N–C) groups is 3. The summed E-state index contributed by atoms with van der Waals surface area (Å²) < 4.78 is 0. The molecule has 9 aromatic rings. The molecular formula is C61H52N6. The van der Waals surface area contributed by atoms with Gasteiger partial charge in [-0.15, -0.1) is 0 Å². The van der Waals surface area contributed by atoms with Crippen molar-refractivity contribution in [3.63, 3.8) is 0 Å². The van der Waals surface area contributed by atoms with E-state index in [0.717, 1.165) is 72.2 Å². The van der Waals surface area contributed by atoms with E-state index in [0.29, 0.717) is 5.92 Å². The third-order valence-electron chi connectivity index (χ3n) is 19.1. The van der Waals surface area contributed by atoms with Crippen LogP contribution in [0.4, 0.5) is 0 Å². The Morgan fingerprint density at radius 1 is 0.388 bits per heavy atom. The molecule has 0 atom stereocenters. The molecule has 0 N–H and O–H groups in total. The van der Waals surface area contributed by atoms with E-state index in [1.807, 2.05) is 0 Å². The molecular weight excluding hydrogens is 817 g/mol. The predicted molar refractivity (Wildman–Crippen MR) is 275 cm³/mol. The van der Waals surface area contributed by atoms with Crippen LogP contribution < -0.4 is 0 Å². The quantitative estimate of drug-likeness (QED) is 0.123. The zero-order valence-corrected chi connectivity index (χ0v) is 39.1. The number of aryl methyl sites for hydroxylation is 3. The molecule has 6 aromatic carbocycles. The number of fused-ring (bicyclic) bond motifs is 9. The van der Waals surface area contributed by atoms with Crippen molar-refractivity contribution >= 4 is 82.2 Å². The lowest BCUT2D eigenvalue weighted by Gasteiger charge is -2.25. The summed E-state index contributed by atoms with van der Waals surface area (Å²) in [5.41, 5.74) is 13.9. The predicted octanol–water partition coefficient (Wildman–Crippen LogP) is 13.8. The molecule has 0 saturated heterocycles. The maximum absolute atomic E-state index is 6.00. The van der Waals surface area contributed by atoms with Gasteiger partial charge in [-0.2, -0.15) is 0 Å². The number of benzene rings is 6. The van der Waals surface area contributed by atoms with Crippen LogP contribution in [0.15, 0.2) is 143 Å². The van der Waals surface area contributed by atoms with E-state index in [2.05, 4.69) is 169 Å². The zero-order valence-electron chi connectivity index (χ0n) is 39.1. The Kier molecular flexibility index (Phi) is 7.04. The minimum Gasteiger partial charge on any atom is -0.282 e. The molecule has 326 valence electrons.